The molecule has 2 aromatic carbocycles. The van der Waals surface area contributed by atoms with Gasteiger partial charge in [0.25, 0.3) is 0 Å². The fourth-order valence-electron chi connectivity index (χ4n) is 2.98. The zero-order valence-corrected chi connectivity index (χ0v) is 18.8. The van der Waals surface area contributed by atoms with Crippen molar-refractivity contribution in [2.45, 2.75) is 31.1 Å². The second-order valence-electron chi connectivity index (χ2n) is 7.11. The minimum Gasteiger partial charge on any atom is -0.325 e. The van der Waals surface area contributed by atoms with Crippen LogP contribution in [0.25, 0.3) is 0 Å². The Labute approximate surface area is 192 Å². The fraction of sp³-hybridized carbons (Fsp3) is 0.273. The molecule has 0 aliphatic carbocycles. The number of nitrogens with zero attached hydrogens (tertiary/aromatic N) is 3. The summed E-state index contributed by atoms with van der Waals surface area (Å²) in [6, 6.07) is 11.7. The van der Waals surface area contributed by atoms with Gasteiger partial charge < -0.3 is 15.2 Å². The van der Waals surface area contributed by atoms with E-state index in [4.69, 9.17) is 0 Å². The molecule has 0 saturated carbocycles. The second kappa shape index (κ2) is 10.5. The molecule has 0 unspecified atom stereocenters. The van der Waals surface area contributed by atoms with E-state index < -0.39 is 17.6 Å². The lowest BCUT2D eigenvalue weighted by Crippen LogP contribution is -2.18. The molecule has 2 N–H and O–H groups in total. The third-order valence-electron chi connectivity index (χ3n) is 4.74. The lowest BCUT2D eigenvalue weighted by Gasteiger charge is -2.10. The average molecular weight is 478 g/mol. The summed E-state index contributed by atoms with van der Waals surface area (Å²) < 4.78 is 39.5. The number of para-hydroxylation sites is 1. The van der Waals surface area contributed by atoms with Crippen molar-refractivity contribution < 1.29 is 22.8 Å². The van der Waals surface area contributed by atoms with Crippen LogP contribution in [-0.2, 0) is 35.7 Å². The van der Waals surface area contributed by atoms with Crippen LogP contribution in [0, 0.1) is 0 Å². The fourth-order valence-corrected chi connectivity index (χ4v) is 3.71. The molecule has 0 radical (unpaired) electrons. The van der Waals surface area contributed by atoms with E-state index in [9.17, 15) is 22.8 Å². The van der Waals surface area contributed by atoms with Crippen molar-refractivity contribution >= 4 is 35.0 Å². The van der Waals surface area contributed by atoms with Gasteiger partial charge >= 0.3 is 6.18 Å². The van der Waals surface area contributed by atoms with Gasteiger partial charge in [0, 0.05) is 18.4 Å². The monoisotopic (exact) mass is 477 g/mol. The molecule has 0 saturated heterocycles. The Hall–Kier alpha value is -3.34. The molecule has 0 aliphatic rings. The molecule has 0 fully saturated rings. The molecule has 7 nitrogen and oxygen atoms in total. The Kier molecular flexibility index (Phi) is 7.75. The minimum atomic E-state index is -4.43. The zero-order valence-electron chi connectivity index (χ0n) is 17.9. The molecule has 11 heteroatoms. The van der Waals surface area contributed by atoms with E-state index in [0.29, 0.717) is 11.0 Å². The molecule has 1 aromatic heterocycles. The number of thioether (sulfide) groups is 1. The normalized spacial score (nSPS) is 11.3. The SMILES string of the molecule is CCc1ccccc1NC(=O)Cc1nnc(SCC(=O)Nc2ccc(C(F)(F)F)cc2)n1C. The van der Waals surface area contributed by atoms with Gasteiger partial charge in [-0.2, -0.15) is 13.2 Å². The van der Waals surface area contributed by atoms with E-state index in [2.05, 4.69) is 20.8 Å². The van der Waals surface area contributed by atoms with Crippen LogP contribution in [0.15, 0.2) is 53.7 Å². The van der Waals surface area contributed by atoms with Crippen molar-refractivity contribution in [2.24, 2.45) is 7.05 Å². The molecular weight excluding hydrogens is 455 g/mol. The first-order valence-electron chi connectivity index (χ1n) is 10.0. The Morgan fingerprint density at radius 2 is 1.70 bits per heavy atom. The Morgan fingerprint density at radius 1 is 1.00 bits per heavy atom. The number of rotatable bonds is 8. The number of aryl methyl sites for hydroxylation is 1. The molecular formula is C22H22F3N5O2S. The minimum absolute atomic E-state index is 0.0137. The predicted octanol–water partition coefficient (Wildman–Crippen LogP) is 4.31. The number of amides is 2. The largest absolute Gasteiger partial charge is 0.416 e. The van der Waals surface area contributed by atoms with Crippen LogP contribution < -0.4 is 10.6 Å². The highest BCUT2D eigenvalue weighted by molar-refractivity contribution is 7.99. The lowest BCUT2D eigenvalue weighted by atomic mass is 10.1. The van der Waals surface area contributed by atoms with Crippen molar-refractivity contribution in [3.05, 3.63) is 65.5 Å². The quantitative estimate of drug-likeness (QED) is 0.472. The zero-order chi connectivity index (χ0) is 24.0. The summed E-state index contributed by atoms with van der Waals surface area (Å²) in [6.45, 7) is 2.00. The third-order valence-corrected chi connectivity index (χ3v) is 5.76. The number of nitrogens with one attached hydrogen (secondary N) is 2. The van der Waals surface area contributed by atoms with Gasteiger partial charge in [-0.15, -0.1) is 10.2 Å². The summed E-state index contributed by atoms with van der Waals surface area (Å²) in [5.74, 6) is -0.225. The van der Waals surface area contributed by atoms with Crippen molar-refractivity contribution in [3.8, 4) is 0 Å². The van der Waals surface area contributed by atoms with Crippen LogP contribution >= 0.6 is 11.8 Å². The molecule has 1 heterocycles. The number of benzene rings is 2. The molecule has 0 aliphatic heterocycles. The predicted molar refractivity (Wildman–Crippen MR) is 120 cm³/mol. The van der Waals surface area contributed by atoms with Crippen molar-refractivity contribution in [1.29, 1.82) is 0 Å². The number of halogens is 3. The number of aromatic nitrogens is 3. The molecule has 174 valence electrons. The first-order valence-corrected chi connectivity index (χ1v) is 11.0. The number of hydrogen-bond acceptors (Lipinski definition) is 5. The maximum absolute atomic E-state index is 12.6. The topological polar surface area (TPSA) is 88.9 Å². The van der Waals surface area contributed by atoms with Crippen LogP contribution in [0.4, 0.5) is 24.5 Å². The highest BCUT2D eigenvalue weighted by Crippen LogP contribution is 2.30. The lowest BCUT2D eigenvalue weighted by molar-refractivity contribution is -0.137. The maximum Gasteiger partial charge on any atom is 0.416 e. The van der Waals surface area contributed by atoms with Gasteiger partial charge in [0.1, 0.15) is 5.82 Å². The summed E-state index contributed by atoms with van der Waals surface area (Å²) in [5, 5.41) is 13.9. The van der Waals surface area contributed by atoms with Gasteiger partial charge in [0.05, 0.1) is 17.7 Å². The standard InChI is InChI=1S/C22H22F3N5O2S/c1-3-14-6-4-5-7-17(14)27-19(31)12-18-28-29-21(30(18)2)33-13-20(32)26-16-10-8-15(9-11-16)22(23,24)25/h4-11H,3,12-13H2,1-2H3,(H,26,32)(H,27,31). The summed E-state index contributed by atoms with van der Waals surface area (Å²) >= 11 is 1.11. The van der Waals surface area contributed by atoms with Crippen molar-refractivity contribution in [1.82, 2.24) is 14.8 Å². The number of carbonyl (C=O) groups excluding carboxylic acids is 2. The number of alkyl halides is 3. The van der Waals surface area contributed by atoms with E-state index in [0.717, 1.165) is 41.6 Å². The van der Waals surface area contributed by atoms with Crippen LogP contribution in [0.2, 0.25) is 0 Å². The molecule has 33 heavy (non-hydrogen) atoms. The molecule has 3 rings (SSSR count). The van der Waals surface area contributed by atoms with E-state index in [1.165, 1.54) is 12.1 Å². The van der Waals surface area contributed by atoms with Crippen molar-refractivity contribution in [3.63, 3.8) is 0 Å². The second-order valence-corrected chi connectivity index (χ2v) is 8.05. The molecule has 3 aromatic rings. The first kappa shape index (κ1) is 24.3. The highest BCUT2D eigenvalue weighted by atomic mass is 32.2. The van der Waals surface area contributed by atoms with E-state index in [1.54, 1.807) is 11.6 Å². The Balaban J connectivity index is 1.53. The van der Waals surface area contributed by atoms with Crippen LogP contribution in [0.1, 0.15) is 23.9 Å². The molecule has 0 atom stereocenters. The smallest absolute Gasteiger partial charge is 0.325 e. The molecule has 2 amide bonds. The van der Waals surface area contributed by atoms with Gasteiger partial charge in [0.2, 0.25) is 11.8 Å². The van der Waals surface area contributed by atoms with E-state index in [-0.39, 0.29) is 23.8 Å². The van der Waals surface area contributed by atoms with Gasteiger partial charge in [-0.3, -0.25) is 9.59 Å². The van der Waals surface area contributed by atoms with Crippen LogP contribution in [-0.4, -0.2) is 32.3 Å². The van der Waals surface area contributed by atoms with E-state index >= 15 is 0 Å². The summed E-state index contributed by atoms with van der Waals surface area (Å²) in [7, 11) is 1.69. The Morgan fingerprint density at radius 3 is 2.36 bits per heavy atom. The molecule has 0 spiro atoms. The van der Waals surface area contributed by atoms with Crippen molar-refractivity contribution in [2.75, 3.05) is 16.4 Å². The molecule has 0 bridgehead atoms. The average Bonchev–Trinajstić information content (AvgIpc) is 3.11. The van der Waals surface area contributed by atoms with Crippen LogP contribution in [0.5, 0.6) is 0 Å². The summed E-state index contributed by atoms with van der Waals surface area (Å²) in [4.78, 5) is 24.6. The van der Waals surface area contributed by atoms with Gasteiger partial charge in [-0.1, -0.05) is 36.9 Å². The first-order chi connectivity index (χ1) is 15.7. The Bertz CT molecular complexity index is 1130. The van der Waals surface area contributed by atoms with E-state index in [1.807, 2.05) is 31.2 Å². The maximum atomic E-state index is 12.6. The third kappa shape index (κ3) is 6.58. The number of carbonyl (C=O) groups is 2. The van der Waals surface area contributed by atoms with Crippen LogP contribution in [0.3, 0.4) is 0 Å². The number of anilines is 2. The highest BCUT2D eigenvalue weighted by Gasteiger charge is 2.30. The summed E-state index contributed by atoms with van der Waals surface area (Å²) in [6.07, 6.45) is -3.63. The number of hydrogen-bond donors (Lipinski definition) is 2. The van der Waals surface area contributed by atoms with Gasteiger partial charge in [0.15, 0.2) is 5.16 Å². The van der Waals surface area contributed by atoms with Gasteiger partial charge in [-0.05, 0) is 42.3 Å². The summed E-state index contributed by atoms with van der Waals surface area (Å²) in [5.41, 5.74) is 1.25. The van der Waals surface area contributed by atoms with Gasteiger partial charge in [-0.25, -0.2) is 0 Å².